The average Bonchev–Trinajstić information content (AvgIpc) is 2.83. The first-order valence-electron chi connectivity index (χ1n) is 7.21. The number of aromatic nitrogens is 3. The molecule has 1 unspecified atom stereocenters. The Morgan fingerprint density at radius 2 is 2.19 bits per heavy atom. The molecule has 21 heavy (non-hydrogen) atoms. The second-order valence-corrected chi connectivity index (χ2v) is 6.53. The van der Waals surface area contributed by atoms with Crippen LogP contribution in [0.4, 0.5) is 0 Å². The van der Waals surface area contributed by atoms with Gasteiger partial charge in [0.05, 0.1) is 11.9 Å². The summed E-state index contributed by atoms with van der Waals surface area (Å²) in [5.41, 5.74) is 1.88. The Hall–Kier alpha value is -1.24. The molecule has 0 amide bonds. The number of hydrogen-bond donors (Lipinski definition) is 2. The number of aliphatic hydroxyl groups is 1. The maximum atomic E-state index is 10.8. The quantitative estimate of drug-likeness (QED) is 0.872. The zero-order chi connectivity index (χ0) is 14.9. The number of benzene rings is 1. The van der Waals surface area contributed by atoms with Crippen LogP contribution < -0.4 is 5.32 Å². The minimum atomic E-state index is -0.870. The first-order valence-corrected chi connectivity index (χ1v) is 8.00. The van der Waals surface area contributed by atoms with Gasteiger partial charge in [-0.3, -0.25) is 0 Å². The van der Waals surface area contributed by atoms with Gasteiger partial charge in [0.25, 0.3) is 0 Å². The molecule has 1 atom stereocenters. The molecule has 0 radical (unpaired) electrons. The molecule has 5 nitrogen and oxygen atoms in total. The Labute approximate surface area is 132 Å². The third-order valence-electron chi connectivity index (χ3n) is 4.04. The SMILES string of the molecule is Cc1cc(Br)ccc1-n1cc(C2(O)CCCNCC2)nn1. The second kappa shape index (κ2) is 5.87. The molecule has 112 valence electrons. The maximum absolute atomic E-state index is 10.8. The minimum Gasteiger partial charge on any atom is -0.383 e. The number of hydrogen-bond acceptors (Lipinski definition) is 4. The van der Waals surface area contributed by atoms with E-state index < -0.39 is 5.60 Å². The molecule has 1 fully saturated rings. The van der Waals surface area contributed by atoms with E-state index in [1.54, 1.807) is 4.68 Å². The van der Waals surface area contributed by atoms with Gasteiger partial charge in [-0.15, -0.1) is 5.10 Å². The molecule has 0 spiro atoms. The zero-order valence-corrected chi connectivity index (χ0v) is 13.6. The van der Waals surface area contributed by atoms with Crippen LogP contribution in [-0.4, -0.2) is 33.2 Å². The van der Waals surface area contributed by atoms with Crippen molar-refractivity contribution in [3.8, 4) is 5.69 Å². The number of nitrogens with zero attached hydrogens (tertiary/aromatic N) is 3. The van der Waals surface area contributed by atoms with E-state index >= 15 is 0 Å². The van der Waals surface area contributed by atoms with E-state index in [-0.39, 0.29) is 0 Å². The average molecular weight is 351 g/mol. The van der Waals surface area contributed by atoms with Crippen molar-refractivity contribution >= 4 is 15.9 Å². The van der Waals surface area contributed by atoms with E-state index in [4.69, 9.17) is 0 Å². The van der Waals surface area contributed by atoms with Crippen molar-refractivity contribution in [2.45, 2.75) is 31.8 Å². The molecule has 6 heteroatoms. The first-order chi connectivity index (χ1) is 10.1. The molecule has 1 aliphatic heterocycles. The van der Waals surface area contributed by atoms with E-state index in [9.17, 15) is 5.11 Å². The van der Waals surface area contributed by atoms with E-state index in [2.05, 4.69) is 31.6 Å². The highest BCUT2D eigenvalue weighted by Crippen LogP contribution is 2.30. The van der Waals surface area contributed by atoms with Gasteiger partial charge >= 0.3 is 0 Å². The predicted octanol–water partition coefficient (Wildman–Crippen LogP) is 2.30. The fourth-order valence-electron chi connectivity index (χ4n) is 2.78. The van der Waals surface area contributed by atoms with Gasteiger partial charge in [0.2, 0.25) is 0 Å². The molecule has 2 N–H and O–H groups in total. The predicted molar refractivity (Wildman–Crippen MR) is 84.4 cm³/mol. The van der Waals surface area contributed by atoms with Crippen molar-refractivity contribution in [1.29, 1.82) is 0 Å². The van der Waals surface area contributed by atoms with Crippen molar-refractivity contribution in [2.75, 3.05) is 13.1 Å². The summed E-state index contributed by atoms with van der Waals surface area (Å²) in [6.07, 6.45) is 4.19. The van der Waals surface area contributed by atoms with Gasteiger partial charge in [0, 0.05) is 4.47 Å². The molecular weight excluding hydrogens is 332 g/mol. The van der Waals surface area contributed by atoms with Crippen molar-refractivity contribution in [2.24, 2.45) is 0 Å². The molecule has 0 bridgehead atoms. The largest absolute Gasteiger partial charge is 0.383 e. The van der Waals surface area contributed by atoms with Crippen LogP contribution in [0.1, 0.15) is 30.5 Å². The van der Waals surface area contributed by atoms with Crippen LogP contribution in [0.2, 0.25) is 0 Å². The monoisotopic (exact) mass is 350 g/mol. The van der Waals surface area contributed by atoms with E-state index in [0.717, 1.165) is 41.7 Å². The fraction of sp³-hybridized carbons (Fsp3) is 0.467. The van der Waals surface area contributed by atoms with Crippen LogP contribution in [0.5, 0.6) is 0 Å². The Bertz CT molecular complexity index is 632. The summed E-state index contributed by atoms with van der Waals surface area (Å²) in [6, 6.07) is 6.02. The highest BCUT2D eigenvalue weighted by molar-refractivity contribution is 9.10. The summed E-state index contributed by atoms with van der Waals surface area (Å²) >= 11 is 3.46. The normalized spacial score (nSPS) is 23.0. The Morgan fingerprint density at radius 1 is 1.33 bits per heavy atom. The van der Waals surface area contributed by atoms with E-state index in [1.165, 1.54) is 0 Å². The van der Waals surface area contributed by atoms with Crippen molar-refractivity contribution in [3.05, 3.63) is 40.1 Å². The van der Waals surface area contributed by atoms with Crippen LogP contribution in [-0.2, 0) is 5.60 Å². The Morgan fingerprint density at radius 3 is 3.00 bits per heavy atom. The Kier molecular flexibility index (Phi) is 4.10. The summed E-state index contributed by atoms with van der Waals surface area (Å²) in [5.74, 6) is 0. The standard InChI is InChI=1S/C15H19BrN4O/c1-11-9-12(16)3-4-13(11)20-10-14(18-19-20)15(21)5-2-7-17-8-6-15/h3-4,9-10,17,21H,2,5-8H2,1H3. The van der Waals surface area contributed by atoms with Crippen molar-refractivity contribution in [3.63, 3.8) is 0 Å². The number of nitrogens with one attached hydrogen (secondary N) is 1. The topological polar surface area (TPSA) is 63.0 Å². The molecule has 3 rings (SSSR count). The summed E-state index contributed by atoms with van der Waals surface area (Å²) in [4.78, 5) is 0. The van der Waals surface area contributed by atoms with E-state index in [0.29, 0.717) is 12.1 Å². The van der Waals surface area contributed by atoms with Crippen LogP contribution >= 0.6 is 15.9 Å². The van der Waals surface area contributed by atoms with Crippen LogP contribution in [0.3, 0.4) is 0 Å². The lowest BCUT2D eigenvalue weighted by Crippen LogP contribution is -2.27. The van der Waals surface area contributed by atoms with Gasteiger partial charge < -0.3 is 10.4 Å². The Balaban J connectivity index is 1.92. The van der Waals surface area contributed by atoms with Gasteiger partial charge in [-0.2, -0.15) is 0 Å². The summed E-state index contributed by atoms with van der Waals surface area (Å²) in [5, 5.41) is 22.6. The highest BCUT2D eigenvalue weighted by atomic mass is 79.9. The lowest BCUT2D eigenvalue weighted by Gasteiger charge is -2.23. The summed E-state index contributed by atoms with van der Waals surface area (Å²) < 4.78 is 2.78. The molecule has 1 aliphatic rings. The molecule has 1 aromatic heterocycles. The number of aryl methyl sites for hydroxylation is 1. The minimum absolute atomic E-state index is 0.661. The van der Waals surface area contributed by atoms with Crippen LogP contribution in [0, 0.1) is 6.92 Å². The van der Waals surface area contributed by atoms with Gasteiger partial charge in [-0.1, -0.05) is 21.1 Å². The van der Waals surface area contributed by atoms with E-state index in [1.807, 2.05) is 31.3 Å². The van der Waals surface area contributed by atoms with Gasteiger partial charge in [0.1, 0.15) is 11.3 Å². The number of rotatable bonds is 2. The number of halogens is 1. The maximum Gasteiger partial charge on any atom is 0.115 e. The van der Waals surface area contributed by atoms with Crippen LogP contribution in [0.15, 0.2) is 28.9 Å². The molecule has 2 aromatic rings. The first kappa shape index (κ1) is 14.7. The smallest absolute Gasteiger partial charge is 0.115 e. The lowest BCUT2D eigenvalue weighted by molar-refractivity contribution is 0.0196. The molecule has 0 saturated carbocycles. The molecule has 2 heterocycles. The molecular formula is C15H19BrN4O. The second-order valence-electron chi connectivity index (χ2n) is 5.61. The molecule has 1 saturated heterocycles. The van der Waals surface area contributed by atoms with Gasteiger partial charge in [0.15, 0.2) is 0 Å². The molecule has 0 aliphatic carbocycles. The van der Waals surface area contributed by atoms with Crippen molar-refractivity contribution in [1.82, 2.24) is 20.3 Å². The zero-order valence-electron chi connectivity index (χ0n) is 12.0. The summed E-state index contributed by atoms with van der Waals surface area (Å²) in [6.45, 7) is 3.79. The van der Waals surface area contributed by atoms with Gasteiger partial charge in [-0.05, 0) is 63.0 Å². The third-order valence-corrected chi connectivity index (χ3v) is 4.53. The molecule has 1 aromatic carbocycles. The highest BCUT2D eigenvalue weighted by Gasteiger charge is 2.33. The van der Waals surface area contributed by atoms with Crippen LogP contribution in [0.25, 0.3) is 5.69 Å². The lowest BCUT2D eigenvalue weighted by atomic mass is 9.92. The van der Waals surface area contributed by atoms with Gasteiger partial charge in [-0.25, -0.2) is 4.68 Å². The third kappa shape index (κ3) is 3.02. The fourth-order valence-corrected chi connectivity index (χ4v) is 3.25. The van der Waals surface area contributed by atoms with Crippen molar-refractivity contribution < 1.29 is 5.11 Å². The summed E-state index contributed by atoms with van der Waals surface area (Å²) in [7, 11) is 0.